The third-order valence-electron chi connectivity index (χ3n) is 3.97. The molecule has 1 saturated heterocycles. The Balaban J connectivity index is 1.79. The van der Waals surface area contributed by atoms with Gasteiger partial charge in [-0.2, -0.15) is 18.0 Å². The Kier molecular flexibility index (Phi) is 4.00. The van der Waals surface area contributed by atoms with Crippen LogP contribution in [0.5, 0.6) is 0 Å². The Labute approximate surface area is 133 Å². The molecule has 2 aromatic rings. The highest BCUT2D eigenvalue weighted by Crippen LogP contribution is 2.43. The summed E-state index contributed by atoms with van der Waals surface area (Å²) in [6.45, 7) is 2.52. The minimum Gasteiger partial charge on any atom is -0.301 e. The van der Waals surface area contributed by atoms with Crippen molar-refractivity contribution >= 4 is 11.3 Å². The summed E-state index contributed by atoms with van der Waals surface area (Å²) in [7, 11) is 0. The summed E-state index contributed by atoms with van der Waals surface area (Å²) < 4.78 is 41.7. The average molecular weight is 348 g/mol. The van der Waals surface area contributed by atoms with Crippen LogP contribution in [0, 0.1) is 6.92 Å². The molecule has 0 aromatic carbocycles. The molecular weight excluding hydrogens is 333 g/mol. The van der Waals surface area contributed by atoms with Crippen LogP contribution in [0.15, 0.2) is 10.2 Å². The number of thiazole rings is 1. The zero-order valence-electron chi connectivity index (χ0n) is 12.3. The predicted octanol–water partition coefficient (Wildman–Crippen LogP) is 1.05. The lowest BCUT2D eigenvalue weighted by Gasteiger charge is -2.28. The molecule has 1 aliphatic heterocycles. The third kappa shape index (κ3) is 2.78. The fourth-order valence-corrected chi connectivity index (χ4v) is 3.44. The minimum atomic E-state index is -4.49. The van der Waals surface area contributed by atoms with Crippen LogP contribution in [-0.2, 0) is 18.6 Å². The van der Waals surface area contributed by atoms with Crippen LogP contribution in [0.2, 0.25) is 0 Å². The Hall–Kier alpha value is -1.75. The van der Waals surface area contributed by atoms with E-state index < -0.39 is 11.7 Å². The molecule has 0 saturated carbocycles. The van der Waals surface area contributed by atoms with Crippen molar-refractivity contribution in [3.05, 3.63) is 26.6 Å². The maximum Gasteiger partial charge on any atom is 0.414 e. The smallest absolute Gasteiger partial charge is 0.301 e. The van der Waals surface area contributed by atoms with Gasteiger partial charge in [0.15, 0.2) is 5.54 Å². The van der Waals surface area contributed by atoms with E-state index in [1.807, 2.05) is 0 Å². The third-order valence-corrected chi connectivity index (χ3v) is 4.85. The Morgan fingerprint density at radius 1 is 1.43 bits per heavy atom. The molecule has 3 heterocycles. The Morgan fingerprint density at radius 3 is 2.78 bits per heavy atom. The summed E-state index contributed by atoms with van der Waals surface area (Å²) in [5, 5.41) is 15.4. The molecule has 7 nitrogen and oxygen atoms in total. The van der Waals surface area contributed by atoms with E-state index in [4.69, 9.17) is 0 Å². The summed E-state index contributed by atoms with van der Waals surface area (Å²) >= 11 is 1.08. The first-order valence-electron chi connectivity index (χ1n) is 7.08. The molecule has 0 amide bonds. The van der Waals surface area contributed by atoms with Gasteiger partial charge in [0, 0.05) is 17.6 Å². The number of nitrogens with zero attached hydrogens (tertiary/aromatic N) is 5. The van der Waals surface area contributed by atoms with E-state index in [0.717, 1.165) is 21.8 Å². The van der Waals surface area contributed by atoms with Crippen LogP contribution in [0.1, 0.15) is 24.4 Å². The molecular formula is C12H15F3N6OS. The number of rotatable bonds is 4. The zero-order valence-corrected chi connectivity index (χ0v) is 13.1. The monoisotopic (exact) mass is 348 g/mol. The van der Waals surface area contributed by atoms with Crippen LogP contribution < -0.4 is 10.2 Å². The number of hydrogen-bond donors (Lipinski definition) is 1. The van der Waals surface area contributed by atoms with Crippen molar-refractivity contribution in [3.63, 3.8) is 0 Å². The topological polar surface area (TPSA) is 77.6 Å². The van der Waals surface area contributed by atoms with E-state index in [9.17, 15) is 18.0 Å². The Morgan fingerprint density at radius 2 is 2.22 bits per heavy atom. The lowest BCUT2D eigenvalue weighted by Crippen LogP contribution is -2.50. The van der Waals surface area contributed by atoms with E-state index in [1.165, 1.54) is 4.57 Å². The van der Waals surface area contributed by atoms with Crippen LogP contribution in [0.3, 0.4) is 0 Å². The van der Waals surface area contributed by atoms with Gasteiger partial charge in [0.2, 0.25) is 5.82 Å². The second-order valence-electron chi connectivity index (χ2n) is 5.44. The molecule has 0 bridgehead atoms. The summed E-state index contributed by atoms with van der Waals surface area (Å²) in [4.78, 5) is 12.6. The van der Waals surface area contributed by atoms with E-state index in [0.29, 0.717) is 6.42 Å². The molecule has 0 spiro atoms. The number of alkyl halides is 3. The molecule has 0 radical (unpaired) electrons. The molecule has 23 heavy (non-hydrogen) atoms. The molecule has 1 fully saturated rings. The standard InChI is InChI=1S/C12H15F3N6OS/c1-8-7-23-10(22)20(8)5-6-21-18-9(17-19-21)11(12(13,14)15)3-2-4-16-11/h7,16H,2-6H2,1H3. The van der Waals surface area contributed by atoms with Gasteiger partial charge in [-0.15, -0.1) is 10.2 Å². The lowest BCUT2D eigenvalue weighted by molar-refractivity contribution is -0.198. The second-order valence-corrected chi connectivity index (χ2v) is 6.26. The molecule has 126 valence electrons. The molecule has 11 heteroatoms. The number of nitrogens with one attached hydrogen (secondary N) is 1. The van der Waals surface area contributed by atoms with Gasteiger partial charge in [0.25, 0.3) is 0 Å². The van der Waals surface area contributed by atoms with Gasteiger partial charge in [-0.1, -0.05) is 11.3 Å². The fraction of sp³-hybridized carbons (Fsp3) is 0.667. The molecule has 1 N–H and O–H groups in total. The molecule has 2 aromatic heterocycles. The van der Waals surface area contributed by atoms with E-state index in [-0.39, 0.29) is 36.8 Å². The number of aromatic nitrogens is 5. The zero-order chi connectivity index (χ0) is 16.7. The maximum atomic E-state index is 13.4. The first-order valence-corrected chi connectivity index (χ1v) is 7.96. The average Bonchev–Trinajstić information content (AvgIpc) is 3.17. The van der Waals surface area contributed by atoms with Gasteiger partial charge < -0.3 is 4.57 Å². The van der Waals surface area contributed by atoms with Crippen molar-refractivity contribution in [2.75, 3.05) is 6.54 Å². The largest absolute Gasteiger partial charge is 0.414 e. The molecule has 0 aliphatic carbocycles. The molecule has 1 unspecified atom stereocenters. The van der Waals surface area contributed by atoms with Crippen molar-refractivity contribution in [3.8, 4) is 0 Å². The van der Waals surface area contributed by atoms with E-state index in [2.05, 4.69) is 20.7 Å². The van der Waals surface area contributed by atoms with Gasteiger partial charge in [-0.05, 0) is 31.5 Å². The highest BCUT2D eigenvalue weighted by molar-refractivity contribution is 7.07. The quantitative estimate of drug-likeness (QED) is 0.894. The van der Waals surface area contributed by atoms with Gasteiger partial charge in [-0.25, -0.2) is 0 Å². The first-order chi connectivity index (χ1) is 10.8. The van der Waals surface area contributed by atoms with Crippen LogP contribution >= 0.6 is 11.3 Å². The maximum absolute atomic E-state index is 13.4. The SMILES string of the molecule is Cc1csc(=O)n1CCn1nnc(C2(C(F)(F)F)CCCN2)n1. The number of aryl methyl sites for hydroxylation is 2. The highest BCUT2D eigenvalue weighted by Gasteiger charge is 2.60. The normalized spacial score (nSPS) is 21.9. The fourth-order valence-electron chi connectivity index (χ4n) is 2.68. The highest BCUT2D eigenvalue weighted by atomic mass is 32.1. The molecule has 3 rings (SSSR count). The van der Waals surface area contributed by atoms with Crippen molar-refractivity contribution in [1.29, 1.82) is 0 Å². The van der Waals surface area contributed by atoms with Crippen LogP contribution in [0.4, 0.5) is 13.2 Å². The predicted molar refractivity (Wildman–Crippen MR) is 76.1 cm³/mol. The number of hydrogen-bond acceptors (Lipinski definition) is 6. The van der Waals surface area contributed by atoms with Gasteiger partial charge in [0.1, 0.15) is 0 Å². The van der Waals surface area contributed by atoms with Gasteiger partial charge >= 0.3 is 11.0 Å². The van der Waals surface area contributed by atoms with Crippen molar-refractivity contribution < 1.29 is 13.2 Å². The van der Waals surface area contributed by atoms with E-state index in [1.54, 1.807) is 12.3 Å². The van der Waals surface area contributed by atoms with Crippen molar-refractivity contribution in [2.45, 2.75) is 44.6 Å². The van der Waals surface area contributed by atoms with Crippen molar-refractivity contribution in [2.24, 2.45) is 0 Å². The van der Waals surface area contributed by atoms with Crippen LogP contribution in [0.25, 0.3) is 0 Å². The van der Waals surface area contributed by atoms with Crippen LogP contribution in [-0.4, -0.2) is 37.5 Å². The summed E-state index contributed by atoms with van der Waals surface area (Å²) in [6.07, 6.45) is -4.19. The molecule has 1 atom stereocenters. The summed E-state index contributed by atoms with van der Waals surface area (Å²) in [5.74, 6) is -0.364. The van der Waals surface area contributed by atoms with Gasteiger partial charge in [-0.3, -0.25) is 10.1 Å². The van der Waals surface area contributed by atoms with E-state index >= 15 is 0 Å². The second kappa shape index (κ2) is 5.71. The number of tetrazole rings is 1. The minimum absolute atomic E-state index is 0.106. The van der Waals surface area contributed by atoms with Crippen molar-refractivity contribution in [1.82, 2.24) is 30.1 Å². The van der Waals surface area contributed by atoms with Gasteiger partial charge in [0.05, 0.1) is 6.54 Å². The Bertz CT molecular complexity index is 743. The lowest BCUT2D eigenvalue weighted by atomic mass is 9.96. The number of halogens is 3. The molecule has 1 aliphatic rings. The first kappa shape index (κ1) is 16.1. The summed E-state index contributed by atoms with van der Waals surface area (Å²) in [5.41, 5.74) is -1.43. The summed E-state index contributed by atoms with van der Waals surface area (Å²) in [6, 6.07) is 0.